The van der Waals surface area contributed by atoms with Gasteiger partial charge in [0.25, 0.3) is 0 Å². The van der Waals surface area contributed by atoms with Gasteiger partial charge in [0.15, 0.2) is 5.60 Å². The molecule has 11 heteroatoms. The van der Waals surface area contributed by atoms with E-state index in [0.717, 1.165) is 18.2 Å². The molecule has 184 valence electrons. The Morgan fingerprint density at radius 1 is 1.06 bits per heavy atom. The van der Waals surface area contributed by atoms with Crippen LogP contribution >= 0.6 is 0 Å². The van der Waals surface area contributed by atoms with Gasteiger partial charge in [-0.15, -0.1) is 0 Å². The molecule has 1 aromatic heterocycles. The molecule has 2 saturated carbocycles. The van der Waals surface area contributed by atoms with E-state index >= 15 is 0 Å². The molecule has 0 unspecified atom stereocenters. The topological polar surface area (TPSA) is 62.2 Å². The highest BCUT2D eigenvalue weighted by Crippen LogP contribution is 2.50. The van der Waals surface area contributed by atoms with Crippen molar-refractivity contribution in [3.8, 4) is 11.1 Å². The molecule has 2 N–H and O–H groups in total. The third-order valence-corrected chi connectivity index (χ3v) is 6.62. The lowest BCUT2D eigenvalue weighted by Gasteiger charge is -2.43. The molecule has 2 fully saturated rings. The number of benzene rings is 1. The first-order valence-electron chi connectivity index (χ1n) is 10.7. The minimum absolute atomic E-state index is 0.0230. The zero-order valence-electron chi connectivity index (χ0n) is 17.7. The normalized spacial score (nSPS) is 25.0. The largest absolute Gasteiger partial charge is 0.417 e. The zero-order valence-corrected chi connectivity index (χ0v) is 17.7. The fraction of sp³-hybridized carbons (Fsp3) is 0.478. The summed E-state index contributed by atoms with van der Waals surface area (Å²) in [4.78, 5) is 17.0. The third kappa shape index (κ3) is 4.62. The Morgan fingerprint density at radius 2 is 1.71 bits per heavy atom. The van der Waals surface area contributed by atoms with Crippen LogP contribution in [0.5, 0.6) is 0 Å². The van der Waals surface area contributed by atoms with Crippen LogP contribution in [0.25, 0.3) is 11.1 Å². The van der Waals surface area contributed by atoms with E-state index in [-0.39, 0.29) is 35.3 Å². The summed E-state index contributed by atoms with van der Waals surface area (Å²) < 4.78 is 94.7. The maximum Gasteiger partial charge on any atom is 0.417 e. The molecule has 1 amide bonds. The van der Waals surface area contributed by atoms with Gasteiger partial charge in [-0.1, -0.05) is 0 Å². The van der Waals surface area contributed by atoms with Crippen LogP contribution in [-0.4, -0.2) is 33.7 Å². The van der Waals surface area contributed by atoms with Crippen LogP contribution in [0.3, 0.4) is 0 Å². The first-order chi connectivity index (χ1) is 15.8. The van der Waals surface area contributed by atoms with Gasteiger partial charge in [-0.05, 0) is 49.9 Å². The van der Waals surface area contributed by atoms with Crippen molar-refractivity contribution in [2.24, 2.45) is 5.92 Å². The number of hydrogen-bond donors (Lipinski definition) is 2. The van der Waals surface area contributed by atoms with E-state index in [0.29, 0.717) is 0 Å². The van der Waals surface area contributed by atoms with Gasteiger partial charge in [0.2, 0.25) is 11.8 Å². The Balaban J connectivity index is 1.69. The van der Waals surface area contributed by atoms with E-state index in [1.165, 1.54) is 12.3 Å². The first kappa shape index (κ1) is 24.4. The highest BCUT2D eigenvalue weighted by atomic mass is 19.4. The van der Waals surface area contributed by atoms with Crippen LogP contribution in [0.2, 0.25) is 0 Å². The third-order valence-electron chi connectivity index (χ3n) is 6.62. The molecule has 1 aromatic carbocycles. The van der Waals surface area contributed by atoms with Gasteiger partial charge in [-0.2, -0.15) is 13.2 Å². The van der Waals surface area contributed by atoms with Gasteiger partial charge in [-0.3, -0.25) is 9.78 Å². The Hall–Kier alpha value is -2.69. The number of alkyl halides is 5. The summed E-state index contributed by atoms with van der Waals surface area (Å²) in [5.41, 5.74) is -3.05. The smallest absolute Gasteiger partial charge is 0.380 e. The molecular formula is C23H21F7N2O2. The molecule has 1 heterocycles. The van der Waals surface area contributed by atoms with Crippen molar-refractivity contribution < 1.29 is 40.6 Å². The lowest BCUT2D eigenvalue weighted by Crippen LogP contribution is -2.57. The van der Waals surface area contributed by atoms with Gasteiger partial charge >= 0.3 is 6.18 Å². The van der Waals surface area contributed by atoms with Crippen LogP contribution < -0.4 is 5.32 Å². The van der Waals surface area contributed by atoms with Crippen LogP contribution in [-0.2, 0) is 4.79 Å². The fourth-order valence-corrected chi connectivity index (χ4v) is 4.56. The van der Waals surface area contributed by atoms with Crippen molar-refractivity contribution in [3.05, 3.63) is 47.8 Å². The number of halogens is 7. The summed E-state index contributed by atoms with van der Waals surface area (Å²) in [7, 11) is 0. The zero-order chi connectivity index (χ0) is 24.9. The maximum absolute atomic E-state index is 14.6. The Kier molecular flexibility index (Phi) is 6.12. The monoisotopic (exact) mass is 490 g/mol. The van der Waals surface area contributed by atoms with E-state index in [1.54, 1.807) is 0 Å². The van der Waals surface area contributed by atoms with Gasteiger partial charge < -0.3 is 10.4 Å². The predicted octanol–water partition coefficient (Wildman–Crippen LogP) is 5.96. The van der Waals surface area contributed by atoms with Crippen molar-refractivity contribution >= 4 is 11.6 Å². The van der Waals surface area contributed by atoms with Gasteiger partial charge in [-0.25, -0.2) is 17.6 Å². The lowest BCUT2D eigenvalue weighted by molar-refractivity contribution is -0.295. The highest BCUT2D eigenvalue weighted by Gasteiger charge is 2.62. The molecule has 0 aliphatic heterocycles. The second-order valence-electron chi connectivity index (χ2n) is 9.00. The molecule has 34 heavy (non-hydrogen) atoms. The number of carbonyl (C=O) groups is 1. The second-order valence-corrected chi connectivity index (χ2v) is 9.00. The maximum atomic E-state index is 14.6. The van der Waals surface area contributed by atoms with Gasteiger partial charge in [0.1, 0.15) is 11.6 Å². The number of aromatic nitrogens is 1. The number of aliphatic hydroxyl groups is 1. The van der Waals surface area contributed by atoms with Crippen molar-refractivity contribution in [2.45, 2.75) is 62.1 Å². The number of carbonyl (C=O) groups excluding carboxylic acids is 1. The lowest BCUT2D eigenvalue weighted by atomic mass is 9.70. The highest BCUT2D eigenvalue weighted by molar-refractivity contribution is 5.98. The molecular weight excluding hydrogens is 469 g/mol. The second kappa shape index (κ2) is 8.51. The van der Waals surface area contributed by atoms with E-state index in [4.69, 9.17) is 0 Å². The van der Waals surface area contributed by atoms with Crippen molar-refractivity contribution in [1.29, 1.82) is 0 Å². The quantitative estimate of drug-likeness (QED) is 0.520. The molecule has 4 nitrogen and oxygen atoms in total. The molecule has 0 atom stereocenters. The molecule has 0 saturated heterocycles. The summed E-state index contributed by atoms with van der Waals surface area (Å²) in [6.07, 6.45) is -6.12. The summed E-state index contributed by atoms with van der Waals surface area (Å²) >= 11 is 0. The van der Waals surface area contributed by atoms with Crippen LogP contribution in [0.15, 0.2) is 30.5 Å². The fourth-order valence-electron chi connectivity index (χ4n) is 4.56. The average molecular weight is 490 g/mol. The molecule has 2 aromatic rings. The number of nitrogens with zero attached hydrogens (tertiary/aromatic N) is 1. The van der Waals surface area contributed by atoms with Crippen LogP contribution in [0, 0.1) is 17.6 Å². The summed E-state index contributed by atoms with van der Waals surface area (Å²) in [6, 6.07) is 3.98. The Labute approximate surface area is 190 Å². The molecule has 0 bridgehead atoms. The number of anilines is 1. The number of amides is 1. The Morgan fingerprint density at radius 3 is 2.32 bits per heavy atom. The molecule has 2 aliphatic carbocycles. The summed E-state index contributed by atoms with van der Waals surface area (Å²) in [5, 5.41) is 12.1. The predicted molar refractivity (Wildman–Crippen MR) is 108 cm³/mol. The van der Waals surface area contributed by atoms with Crippen molar-refractivity contribution in [3.63, 3.8) is 0 Å². The molecule has 2 aliphatic rings. The van der Waals surface area contributed by atoms with Gasteiger partial charge in [0.05, 0.1) is 11.4 Å². The summed E-state index contributed by atoms with van der Waals surface area (Å²) in [6.45, 7) is 0. The number of pyridine rings is 1. The van der Waals surface area contributed by atoms with Gasteiger partial charge in [0, 0.05) is 42.0 Å². The number of hydrogen-bond acceptors (Lipinski definition) is 3. The summed E-state index contributed by atoms with van der Waals surface area (Å²) in [5.74, 6) is -7.00. The van der Waals surface area contributed by atoms with Crippen molar-refractivity contribution in [2.75, 3.05) is 5.32 Å². The van der Waals surface area contributed by atoms with Crippen LogP contribution in [0.1, 0.15) is 50.1 Å². The van der Waals surface area contributed by atoms with Crippen LogP contribution in [0.4, 0.5) is 36.4 Å². The Bertz CT molecular complexity index is 1090. The minimum Gasteiger partial charge on any atom is -0.380 e. The molecule has 0 radical (unpaired) electrons. The SMILES string of the molecule is O=C(Nc1c(-c2cc(F)ccc2F)ccnc1C1CCC(F)(F)CC1)C1CC(O)(C(F)(F)F)C1. The number of nitrogens with one attached hydrogen (secondary N) is 1. The molecule has 0 spiro atoms. The minimum atomic E-state index is -4.90. The first-order valence-corrected chi connectivity index (χ1v) is 10.7. The standard InChI is InChI=1S/C23H21F7N2O2/c24-14-1-2-17(25)16(9-14)15-5-8-31-18(12-3-6-22(26,27)7-4-12)19(15)32-20(33)13-10-21(34,11-13)23(28,29)30/h1-2,5,8-9,12-13,34H,3-4,6-7,10-11H2,(H,32,33). The van der Waals surface area contributed by atoms with E-state index < -0.39 is 72.8 Å². The van der Waals surface area contributed by atoms with E-state index in [9.17, 15) is 40.6 Å². The average Bonchev–Trinajstić information content (AvgIpc) is 2.72. The number of rotatable bonds is 4. The molecule has 4 rings (SSSR count). The van der Waals surface area contributed by atoms with Crippen molar-refractivity contribution in [1.82, 2.24) is 4.98 Å². The van der Waals surface area contributed by atoms with E-state index in [1.807, 2.05) is 0 Å². The van der Waals surface area contributed by atoms with E-state index in [2.05, 4.69) is 10.3 Å².